The van der Waals surface area contributed by atoms with Gasteiger partial charge in [0.05, 0.1) is 5.71 Å². The number of hydrogen-bond donors (Lipinski definition) is 2. The van der Waals surface area contributed by atoms with Crippen molar-refractivity contribution < 1.29 is 0 Å². The van der Waals surface area contributed by atoms with Crippen molar-refractivity contribution in [3.05, 3.63) is 35.2 Å². The molecule has 0 amide bonds. The van der Waals surface area contributed by atoms with Crippen molar-refractivity contribution in [3.8, 4) is 0 Å². The molecule has 3 N–H and O–H groups in total. The van der Waals surface area contributed by atoms with Gasteiger partial charge in [-0.1, -0.05) is 13.8 Å². The van der Waals surface area contributed by atoms with Gasteiger partial charge in [0.1, 0.15) is 5.82 Å². The van der Waals surface area contributed by atoms with Gasteiger partial charge >= 0.3 is 0 Å². The third-order valence-corrected chi connectivity index (χ3v) is 5.27. The molecular weight excluding hydrogens is 298 g/mol. The van der Waals surface area contributed by atoms with E-state index >= 15 is 0 Å². The molecular formula is C19H29N5. The van der Waals surface area contributed by atoms with E-state index in [1.807, 2.05) is 18.3 Å². The van der Waals surface area contributed by atoms with Crippen LogP contribution in [0.5, 0.6) is 0 Å². The highest BCUT2D eigenvalue weighted by Gasteiger charge is 2.28. The fourth-order valence-electron chi connectivity index (χ4n) is 3.58. The molecule has 1 aromatic rings. The second kappa shape index (κ2) is 6.55. The Labute approximate surface area is 145 Å². The van der Waals surface area contributed by atoms with Crippen LogP contribution in [0.2, 0.25) is 0 Å². The summed E-state index contributed by atoms with van der Waals surface area (Å²) in [7, 11) is 2.15. The van der Waals surface area contributed by atoms with Crippen LogP contribution in [0, 0.1) is 10.8 Å². The fourth-order valence-corrected chi connectivity index (χ4v) is 3.58. The first kappa shape index (κ1) is 17.0. The summed E-state index contributed by atoms with van der Waals surface area (Å²) in [5, 5.41) is 8.63. The molecule has 1 saturated heterocycles. The molecule has 2 heterocycles. The van der Waals surface area contributed by atoms with Crippen molar-refractivity contribution in [2.75, 3.05) is 38.1 Å². The zero-order chi connectivity index (χ0) is 17.3. The molecule has 130 valence electrons. The zero-order valence-electron chi connectivity index (χ0n) is 15.1. The summed E-state index contributed by atoms with van der Waals surface area (Å²) < 4.78 is 0. The molecule has 3 rings (SSSR count). The maximum absolute atomic E-state index is 8.63. The van der Waals surface area contributed by atoms with Crippen LogP contribution in [0.25, 0.3) is 0 Å². The Bertz CT molecular complexity index is 653. The van der Waals surface area contributed by atoms with Crippen molar-refractivity contribution in [2.45, 2.75) is 33.1 Å². The lowest BCUT2D eigenvalue weighted by molar-refractivity contribution is 0.312. The minimum Gasteiger partial charge on any atom is -0.402 e. The Morgan fingerprint density at radius 3 is 2.62 bits per heavy atom. The van der Waals surface area contributed by atoms with Gasteiger partial charge < -0.3 is 15.5 Å². The average Bonchev–Trinajstić information content (AvgIpc) is 2.54. The van der Waals surface area contributed by atoms with Crippen LogP contribution in [0.3, 0.4) is 0 Å². The minimum absolute atomic E-state index is 0.247. The summed E-state index contributed by atoms with van der Waals surface area (Å²) in [6, 6.07) is 3.98. The second-order valence-corrected chi connectivity index (χ2v) is 7.91. The van der Waals surface area contributed by atoms with Gasteiger partial charge in [0, 0.05) is 43.6 Å². The van der Waals surface area contributed by atoms with E-state index in [0.717, 1.165) is 68.1 Å². The Balaban J connectivity index is 1.80. The summed E-state index contributed by atoms with van der Waals surface area (Å²) in [4.78, 5) is 9.16. The van der Waals surface area contributed by atoms with Gasteiger partial charge in [0.2, 0.25) is 0 Å². The smallest absolute Gasteiger partial charge is 0.129 e. The molecule has 0 bridgehead atoms. The number of anilines is 1. The van der Waals surface area contributed by atoms with Crippen molar-refractivity contribution >= 4 is 11.5 Å². The predicted octanol–water partition coefficient (Wildman–Crippen LogP) is 2.62. The lowest BCUT2D eigenvalue weighted by atomic mass is 9.75. The van der Waals surface area contributed by atoms with Gasteiger partial charge in [-0.2, -0.15) is 0 Å². The number of likely N-dealkylation sites (N-methyl/N-ethyl adjacent to an activating group) is 1. The van der Waals surface area contributed by atoms with Crippen LogP contribution >= 0.6 is 0 Å². The SMILES string of the molecule is CN1CCN(c2cc(C(=N)C3=C(N)CC(C)(C)CC3)ccn2)CC1. The molecule has 2 aliphatic rings. The first-order chi connectivity index (χ1) is 11.4. The maximum Gasteiger partial charge on any atom is 0.129 e. The van der Waals surface area contributed by atoms with Crippen molar-refractivity contribution in [3.63, 3.8) is 0 Å². The van der Waals surface area contributed by atoms with Gasteiger partial charge in [0.15, 0.2) is 0 Å². The summed E-state index contributed by atoms with van der Waals surface area (Å²) >= 11 is 0. The van der Waals surface area contributed by atoms with Crippen LogP contribution in [0.1, 0.15) is 38.7 Å². The number of nitrogens with zero attached hydrogens (tertiary/aromatic N) is 3. The molecule has 0 spiro atoms. The summed E-state index contributed by atoms with van der Waals surface area (Å²) in [5.41, 5.74) is 9.94. The molecule has 24 heavy (non-hydrogen) atoms. The van der Waals surface area contributed by atoms with Gasteiger partial charge in [-0.05, 0) is 49.4 Å². The Kier molecular flexibility index (Phi) is 4.63. The van der Waals surface area contributed by atoms with Gasteiger partial charge in [-0.3, -0.25) is 5.41 Å². The number of hydrogen-bond acceptors (Lipinski definition) is 5. The molecule has 0 unspecified atom stereocenters. The normalized spacial score (nSPS) is 21.9. The highest BCUT2D eigenvalue weighted by atomic mass is 15.3. The van der Waals surface area contributed by atoms with Crippen molar-refractivity contribution in [1.82, 2.24) is 9.88 Å². The molecule has 5 nitrogen and oxygen atoms in total. The lowest BCUT2D eigenvalue weighted by Gasteiger charge is -2.33. The molecule has 0 atom stereocenters. The average molecular weight is 327 g/mol. The summed E-state index contributed by atoms with van der Waals surface area (Å²) in [6.07, 6.45) is 4.67. The van der Waals surface area contributed by atoms with Crippen LogP contribution in [0.4, 0.5) is 5.82 Å². The number of nitrogens with one attached hydrogen (secondary N) is 1. The van der Waals surface area contributed by atoms with E-state index in [1.54, 1.807) is 0 Å². The minimum atomic E-state index is 0.247. The topological polar surface area (TPSA) is 69.2 Å². The molecule has 1 fully saturated rings. The summed E-state index contributed by atoms with van der Waals surface area (Å²) in [5.74, 6) is 0.973. The van der Waals surface area contributed by atoms with Crippen LogP contribution < -0.4 is 10.6 Å². The van der Waals surface area contributed by atoms with E-state index in [-0.39, 0.29) is 5.41 Å². The molecule has 0 radical (unpaired) electrons. The largest absolute Gasteiger partial charge is 0.402 e. The Morgan fingerprint density at radius 1 is 1.25 bits per heavy atom. The molecule has 0 aromatic carbocycles. The zero-order valence-corrected chi connectivity index (χ0v) is 15.1. The molecule has 1 aliphatic heterocycles. The highest BCUT2D eigenvalue weighted by Crippen LogP contribution is 2.37. The van der Waals surface area contributed by atoms with Crippen molar-refractivity contribution in [1.29, 1.82) is 5.41 Å². The van der Waals surface area contributed by atoms with E-state index < -0.39 is 0 Å². The number of aromatic nitrogens is 1. The van der Waals surface area contributed by atoms with Gasteiger partial charge in [0.25, 0.3) is 0 Å². The first-order valence-electron chi connectivity index (χ1n) is 8.82. The number of nitrogens with two attached hydrogens (primary N) is 1. The third kappa shape index (κ3) is 3.61. The van der Waals surface area contributed by atoms with Crippen LogP contribution in [-0.4, -0.2) is 48.8 Å². The maximum atomic E-state index is 8.63. The van der Waals surface area contributed by atoms with Crippen LogP contribution in [0.15, 0.2) is 29.6 Å². The number of pyridine rings is 1. The Hall–Kier alpha value is -1.88. The first-order valence-corrected chi connectivity index (χ1v) is 8.82. The second-order valence-electron chi connectivity index (χ2n) is 7.91. The van der Waals surface area contributed by atoms with Gasteiger partial charge in [-0.15, -0.1) is 0 Å². The molecule has 0 saturated carbocycles. The highest BCUT2D eigenvalue weighted by molar-refractivity contribution is 6.11. The number of rotatable bonds is 3. The third-order valence-electron chi connectivity index (χ3n) is 5.27. The summed E-state index contributed by atoms with van der Waals surface area (Å²) in [6.45, 7) is 8.57. The quantitative estimate of drug-likeness (QED) is 0.837. The Morgan fingerprint density at radius 2 is 1.96 bits per heavy atom. The standard InChI is InChI=1S/C19H29N5/c1-19(2)6-4-15(16(20)13-19)18(21)14-5-7-22-17(12-14)24-10-8-23(3)9-11-24/h5,7,12,21H,4,6,8-11,13,20H2,1-3H3. The van der Waals surface area contributed by atoms with Crippen LogP contribution in [-0.2, 0) is 0 Å². The lowest BCUT2D eigenvalue weighted by Crippen LogP contribution is -2.44. The number of piperazine rings is 1. The fraction of sp³-hybridized carbons (Fsp3) is 0.579. The van der Waals surface area contributed by atoms with E-state index in [0.29, 0.717) is 5.71 Å². The molecule has 5 heteroatoms. The number of allylic oxidation sites excluding steroid dienone is 2. The van der Waals surface area contributed by atoms with E-state index in [9.17, 15) is 0 Å². The predicted molar refractivity (Wildman–Crippen MR) is 99.6 cm³/mol. The monoisotopic (exact) mass is 327 g/mol. The van der Waals surface area contributed by atoms with Crippen molar-refractivity contribution in [2.24, 2.45) is 11.1 Å². The van der Waals surface area contributed by atoms with E-state index in [4.69, 9.17) is 11.1 Å². The molecule has 1 aliphatic carbocycles. The molecule has 1 aromatic heterocycles. The van der Waals surface area contributed by atoms with E-state index in [2.05, 4.69) is 35.7 Å². The van der Waals surface area contributed by atoms with Gasteiger partial charge in [-0.25, -0.2) is 4.98 Å². The van der Waals surface area contributed by atoms with E-state index in [1.165, 1.54) is 0 Å².